The summed E-state index contributed by atoms with van der Waals surface area (Å²) in [6.07, 6.45) is 7.96. The van der Waals surface area contributed by atoms with Crippen LogP contribution in [0.2, 0.25) is 0 Å². The van der Waals surface area contributed by atoms with Gasteiger partial charge < -0.3 is 10.1 Å². The maximum absolute atomic E-state index is 5.31. The van der Waals surface area contributed by atoms with Gasteiger partial charge in [-0.15, -0.1) is 0 Å². The average Bonchev–Trinajstić information content (AvgIpc) is 2.97. The Hall–Kier alpha value is -2.07. The molecule has 2 rings (SSSR count). The summed E-state index contributed by atoms with van der Waals surface area (Å²) in [5.74, 6) is 0.897. The van der Waals surface area contributed by atoms with Crippen molar-refractivity contribution >= 4 is 6.08 Å². The van der Waals surface area contributed by atoms with Crippen molar-refractivity contribution in [2.24, 2.45) is 0 Å². The molecule has 0 spiro atoms. The predicted molar refractivity (Wildman–Crippen MR) is 81.7 cm³/mol. The summed E-state index contributed by atoms with van der Waals surface area (Å²) in [5, 5.41) is 7.64. The van der Waals surface area contributed by atoms with Gasteiger partial charge >= 0.3 is 0 Å². The lowest BCUT2D eigenvalue weighted by molar-refractivity contribution is 0.414. The highest BCUT2D eigenvalue weighted by Gasteiger charge is 2.01. The monoisotopic (exact) mass is 271 g/mol. The van der Waals surface area contributed by atoms with E-state index >= 15 is 0 Å². The topological polar surface area (TPSA) is 39.1 Å². The van der Waals surface area contributed by atoms with E-state index in [1.54, 1.807) is 13.3 Å². The van der Waals surface area contributed by atoms with Crippen LogP contribution in [-0.2, 0) is 6.54 Å². The first-order chi connectivity index (χ1) is 9.79. The van der Waals surface area contributed by atoms with Crippen molar-refractivity contribution < 1.29 is 4.74 Å². The summed E-state index contributed by atoms with van der Waals surface area (Å²) in [7, 11) is 1.69. The highest BCUT2D eigenvalue weighted by Crippen LogP contribution is 2.18. The molecule has 1 heterocycles. The van der Waals surface area contributed by atoms with Crippen LogP contribution in [0.3, 0.4) is 0 Å². The fourth-order valence-corrected chi connectivity index (χ4v) is 2.01. The van der Waals surface area contributed by atoms with E-state index in [2.05, 4.69) is 29.5 Å². The Bertz CT molecular complexity index is 534. The average molecular weight is 271 g/mol. The molecule has 1 aromatic carbocycles. The van der Waals surface area contributed by atoms with E-state index in [0.29, 0.717) is 6.04 Å². The molecule has 1 aromatic heterocycles. The third-order valence-corrected chi connectivity index (χ3v) is 3.04. The molecule has 0 aliphatic heterocycles. The van der Waals surface area contributed by atoms with Crippen LogP contribution in [0.4, 0.5) is 0 Å². The molecular formula is C16H21N3O. The van der Waals surface area contributed by atoms with Crippen LogP contribution in [0.1, 0.15) is 12.5 Å². The number of nitrogens with one attached hydrogen (secondary N) is 1. The zero-order chi connectivity index (χ0) is 14.2. The second kappa shape index (κ2) is 7.50. The van der Waals surface area contributed by atoms with E-state index in [9.17, 15) is 0 Å². The summed E-state index contributed by atoms with van der Waals surface area (Å²) < 4.78 is 7.24. The van der Waals surface area contributed by atoms with Crippen LogP contribution in [0, 0.1) is 0 Å². The minimum absolute atomic E-state index is 0.372. The Morgan fingerprint density at radius 2 is 2.20 bits per heavy atom. The number of aromatic nitrogens is 2. The van der Waals surface area contributed by atoms with Crippen LogP contribution in [0.15, 0.2) is 48.8 Å². The number of benzene rings is 1. The number of para-hydroxylation sites is 1. The van der Waals surface area contributed by atoms with Crippen molar-refractivity contribution in [1.29, 1.82) is 0 Å². The summed E-state index contributed by atoms with van der Waals surface area (Å²) in [4.78, 5) is 0. The molecule has 1 atom stereocenters. The molecule has 0 saturated heterocycles. The van der Waals surface area contributed by atoms with Crippen molar-refractivity contribution in [1.82, 2.24) is 15.1 Å². The number of rotatable bonds is 7. The van der Waals surface area contributed by atoms with Crippen LogP contribution in [0.25, 0.3) is 6.08 Å². The lowest BCUT2D eigenvalue weighted by Gasteiger charge is -2.12. The SMILES string of the molecule is COc1ccccc1/C=C/CNC(C)Cn1cccn1. The van der Waals surface area contributed by atoms with Gasteiger partial charge in [-0.25, -0.2) is 0 Å². The highest BCUT2D eigenvalue weighted by atomic mass is 16.5. The minimum Gasteiger partial charge on any atom is -0.496 e. The summed E-state index contributed by atoms with van der Waals surface area (Å²) in [6.45, 7) is 3.84. The zero-order valence-electron chi connectivity index (χ0n) is 12.0. The molecule has 2 aromatic rings. The molecule has 0 radical (unpaired) electrons. The molecule has 0 aliphatic rings. The Morgan fingerprint density at radius 3 is 2.95 bits per heavy atom. The van der Waals surface area contributed by atoms with Crippen molar-refractivity contribution in [3.8, 4) is 5.75 Å². The van der Waals surface area contributed by atoms with E-state index in [-0.39, 0.29) is 0 Å². The molecule has 0 saturated carbocycles. The van der Waals surface area contributed by atoms with E-state index in [0.717, 1.165) is 24.4 Å². The maximum Gasteiger partial charge on any atom is 0.126 e. The molecule has 4 nitrogen and oxygen atoms in total. The van der Waals surface area contributed by atoms with Crippen LogP contribution in [0.5, 0.6) is 5.75 Å². The van der Waals surface area contributed by atoms with Gasteiger partial charge in [0, 0.05) is 30.5 Å². The highest BCUT2D eigenvalue weighted by molar-refractivity contribution is 5.57. The number of hydrogen-bond donors (Lipinski definition) is 1. The smallest absolute Gasteiger partial charge is 0.126 e. The number of nitrogens with zero attached hydrogens (tertiary/aromatic N) is 2. The van der Waals surface area contributed by atoms with E-state index < -0.39 is 0 Å². The van der Waals surface area contributed by atoms with E-state index in [1.165, 1.54) is 0 Å². The number of ether oxygens (including phenoxy) is 1. The molecule has 1 N–H and O–H groups in total. The first-order valence-electron chi connectivity index (χ1n) is 6.80. The van der Waals surface area contributed by atoms with Crippen molar-refractivity contribution in [2.45, 2.75) is 19.5 Å². The van der Waals surface area contributed by atoms with Gasteiger partial charge in [0.2, 0.25) is 0 Å². The quantitative estimate of drug-likeness (QED) is 0.841. The standard InChI is InChI=1S/C16H21N3O/c1-14(13-19-12-6-11-18-19)17-10-5-8-15-7-3-4-9-16(15)20-2/h3-9,11-12,14,17H,10,13H2,1-2H3/b8-5+. The van der Waals surface area contributed by atoms with Gasteiger partial charge in [-0.2, -0.15) is 5.10 Å². The Labute approximate surface area is 120 Å². The van der Waals surface area contributed by atoms with Gasteiger partial charge in [-0.05, 0) is 19.1 Å². The largest absolute Gasteiger partial charge is 0.496 e. The fourth-order valence-electron chi connectivity index (χ4n) is 2.01. The molecule has 106 valence electrons. The third-order valence-electron chi connectivity index (χ3n) is 3.04. The molecule has 0 fully saturated rings. The summed E-state index contributed by atoms with van der Waals surface area (Å²) in [6, 6.07) is 10.3. The first-order valence-corrected chi connectivity index (χ1v) is 6.80. The van der Waals surface area contributed by atoms with Gasteiger partial charge in [0.05, 0.1) is 13.7 Å². The molecule has 0 amide bonds. The normalized spacial score (nSPS) is 12.7. The van der Waals surface area contributed by atoms with Gasteiger partial charge in [-0.3, -0.25) is 4.68 Å². The molecule has 20 heavy (non-hydrogen) atoms. The third kappa shape index (κ3) is 4.24. The van der Waals surface area contributed by atoms with Gasteiger partial charge in [-0.1, -0.05) is 30.4 Å². The minimum atomic E-state index is 0.372. The Morgan fingerprint density at radius 1 is 1.35 bits per heavy atom. The van der Waals surface area contributed by atoms with Crippen molar-refractivity contribution in [3.05, 3.63) is 54.4 Å². The fraction of sp³-hybridized carbons (Fsp3) is 0.312. The first kappa shape index (κ1) is 14.3. The van der Waals surface area contributed by atoms with Crippen LogP contribution < -0.4 is 10.1 Å². The lowest BCUT2D eigenvalue weighted by atomic mass is 10.2. The Balaban J connectivity index is 1.78. The van der Waals surface area contributed by atoms with Crippen molar-refractivity contribution in [3.63, 3.8) is 0 Å². The van der Waals surface area contributed by atoms with Crippen LogP contribution >= 0.6 is 0 Å². The van der Waals surface area contributed by atoms with E-state index in [4.69, 9.17) is 4.74 Å². The van der Waals surface area contributed by atoms with Gasteiger partial charge in [0.25, 0.3) is 0 Å². The maximum atomic E-state index is 5.31. The predicted octanol–water partition coefficient (Wildman–Crippen LogP) is 2.58. The molecule has 4 heteroatoms. The Kier molecular flexibility index (Phi) is 5.38. The number of methoxy groups -OCH3 is 1. The molecule has 0 bridgehead atoms. The lowest BCUT2D eigenvalue weighted by Crippen LogP contribution is -2.30. The van der Waals surface area contributed by atoms with Gasteiger partial charge in [0.15, 0.2) is 0 Å². The van der Waals surface area contributed by atoms with Crippen molar-refractivity contribution in [2.75, 3.05) is 13.7 Å². The molecule has 1 unspecified atom stereocenters. The second-order valence-electron chi connectivity index (χ2n) is 4.68. The van der Waals surface area contributed by atoms with Crippen LogP contribution in [-0.4, -0.2) is 29.5 Å². The summed E-state index contributed by atoms with van der Waals surface area (Å²) >= 11 is 0. The molecular weight excluding hydrogens is 250 g/mol. The number of hydrogen-bond acceptors (Lipinski definition) is 3. The zero-order valence-corrected chi connectivity index (χ0v) is 12.0. The van der Waals surface area contributed by atoms with Gasteiger partial charge in [0.1, 0.15) is 5.75 Å². The second-order valence-corrected chi connectivity index (χ2v) is 4.68. The van der Waals surface area contributed by atoms with E-state index in [1.807, 2.05) is 41.2 Å². The molecule has 0 aliphatic carbocycles. The summed E-state index contributed by atoms with van der Waals surface area (Å²) in [5.41, 5.74) is 1.09.